The molecule has 0 saturated carbocycles. The van der Waals surface area contributed by atoms with Gasteiger partial charge in [-0.1, -0.05) is 0 Å². The molecule has 0 unspecified atom stereocenters. The normalized spacial score (nSPS) is 11.1. The lowest BCUT2D eigenvalue weighted by atomic mass is 10.0. The smallest absolute Gasteiger partial charge is 0.0391 e. The molecule has 0 aliphatic heterocycles. The van der Waals surface area contributed by atoms with E-state index in [0.717, 1.165) is 0 Å². The van der Waals surface area contributed by atoms with E-state index in [1.165, 1.54) is 41.8 Å². The number of hydrogen-bond donors (Lipinski definition) is 0. The van der Waals surface area contributed by atoms with Crippen molar-refractivity contribution in [3.63, 3.8) is 0 Å². The molecule has 0 radical (unpaired) electrons. The van der Waals surface area contributed by atoms with Crippen LogP contribution in [0.3, 0.4) is 0 Å². The first kappa shape index (κ1) is 11.9. The lowest BCUT2D eigenvalue weighted by molar-refractivity contribution is 1.34. The molecule has 2 aromatic rings. The Hall–Kier alpha value is -0.600. The molecule has 2 aromatic heterocycles. The summed E-state index contributed by atoms with van der Waals surface area (Å²) in [6, 6.07) is 0. The van der Waals surface area contributed by atoms with E-state index in [1.54, 1.807) is 0 Å². The van der Waals surface area contributed by atoms with Crippen LogP contribution in [-0.4, -0.2) is 0 Å². The molecular weight excluding hydrogens is 232 g/mol. The third-order valence-electron chi connectivity index (χ3n) is 3.47. The van der Waals surface area contributed by atoms with Crippen LogP contribution in [0.5, 0.6) is 0 Å². The minimum Gasteiger partial charge on any atom is -0.145 e. The van der Waals surface area contributed by atoms with Gasteiger partial charge in [-0.3, -0.25) is 0 Å². The topological polar surface area (TPSA) is 0 Å². The van der Waals surface area contributed by atoms with E-state index in [0.29, 0.717) is 0 Å². The van der Waals surface area contributed by atoms with Crippen LogP contribution in [0.15, 0.2) is 0 Å². The molecular formula is C14H18S2. The van der Waals surface area contributed by atoms with E-state index >= 15 is 0 Å². The summed E-state index contributed by atoms with van der Waals surface area (Å²) >= 11 is 3.86. The highest BCUT2D eigenvalue weighted by molar-refractivity contribution is 7.17. The monoisotopic (exact) mass is 250 g/mol. The van der Waals surface area contributed by atoms with E-state index in [2.05, 4.69) is 41.5 Å². The van der Waals surface area contributed by atoms with Crippen LogP contribution in [0.4, 0.5) is 0 Å². The summed E-state index contributed by atoms with van der Waals surface area (Å²) in [6.07, 6.45) is 0. The summed E-state index contributed by atoms with van der Waals surface area (Å²) in [4.78, 5) is 5.85. The van der Waals surface area contributed by atoms with Gasteiger partial charge in [0.15, 0.2) is 0 Å². The molecule has 16 heavy (non-hydrogen) atoms. The number of thiophene rings is 2. The van der Waals surface area contributed by atoms with Crippen molar-refractivity contribution in [2.75, 3.05) is 0 Å². The summed E-state index contributed by atoms with van der Waals surface area (Å²) in [5.74, 6) is 0. The third kappa shape index (κ3) is 1.64. The third-order valence-corrected chi connectivity index (χ3v) is 5.92. The van der Waals surface area contributed by atoms with Crippen LogP contribution in [0, 0.1) is 41.5 Å². The van der Waals surface area contributed by atoms with Gasteiger partial charge in [-0.15, -0.1) is 22.7 Å². The minimum atomic E-state index is 1.45. The second-order valence-electron chi connectivity index (χ2n) is 4.45. The molecule has 0 aliphatic rings. The van der Waals surface area contributed by atoms with Crippen LogP contribution in [-0.2, 0) is 0 Å². The molecule has 0 aromatic carbocycles. The molecule has 0 atom stereocenters. The fourth-order valence-corrected chi connectivity index (χ4v) is 4.57. The molecule has 0 N–H and O–H groups in total. The quantitative estimate of drug-likeness (QED) is 0.642. The largest absolute Gasteiger partial charge is 0.145 e. The van der Waals surface area contributed by atoms with Crippen molar-refractivity contribution < 1.29 is 0 Å². The molecule has 86 valence electrons. The number of hydrogen-bond acceptors (Lipinski definition) is 2. The Morgan fingerprint density at radius 2 is 1.12 bits per heavy atom. The van der Waals surface area contributed by atoms with Gasteiger partial charge in [0.25, 0.3) is 0 Å². The fraction of sp³-hybridized carbons (Fsp3) is 0.429. The van der Waals surface area contributed by atoms with Crippen LogP contribution in [0.25, 0.3) is 10.4 Å². The average molecular weight is 250 g/mol. The van der Waals surface area contributed by atoms with Crippen molar-refractivity contribution >= 4 is 22.7 Å². The van der Waals surface area contributed by atoms with E-state index in [1.807, 2.05) is 22.7 Å². The maximum atomic E-state index is 2.25. The Balaban J connectivity index is 2.72. The van der Waals surface area contributed by atoms with Crippen LogP contribution in [0.1, 0.15) is 31.3 Å². The zero-order valence-electron chi connectivity index (χ0n) is 10.8. The summed E-state index contributed by atoms with van der Waals surface area (Å²) in [5, 5.41) is 0. The van der Waals surface area contributed by atoms with Gasteiger partial charge in [0.2, 0.25) is 0 Å². The Morgan fingerprint density at radius 3 is 1.50 bits per heavy atom. The zero-order valence-corrected chi connectivity index (χ0v) is 12.4. The molecule has 0 spiro atoms. The van der Waals surface area contributed by atoms with Crippen molar-refractivity contribution in [1.29, 1.82) is 0 Å². The van der Waals surface area contributed by atoms with E-state index in [4.69, 9.17) is 0 Å². The van der Waals surface area contributed by atoms with Crippen LogP contribution >= 0.6 is 22.7 Å². The first-order chi connectivity index (χ1) is 7.43. The Morgan fingerprint density at radius 1 is 0.562 bits per heavy atom. The van der Waals surface area contributed by atoms with Crippen molar-refractivity contribution in [3.05, 3.63) is 31.3 Å². The average Bonchev–Trinajstić information content (AvgIpc) is 2.60. The first-order valence-electron chi connectivity index (χ1n) is 5.57. The molecule has 0 amide bonds. The molecule has 0 nitrogen and oxygen atoms in total. The second kappa shape index (κ2) is 4.01. The van der Waals surface area contributed by atoms with E-state index < -0.39 is 0 Å². The van der Waals surface area contributed by atoms with Crippen molar-refractivity contribution in [2.24, 2.45) is 0 Å². The van der Waals surface area contributed by atoms with Crippen molar-refractivity contribution in [2.45, 2.75) is 41.5 Å². The molecule has 0 saturated heterocycles. The first-order valence-corrected chi connectivity index (χ1v) is 7.20. The Labute approximate surface area is 106 Å². The maximum Gasteiger partial charge on any atom is 0.0391 e. The summed E-state index contributed by atoms with van der Waals surface area (Å²) in [7, 11) is 0. The zero-order chi connectivity index (χ0) is 12.0. The molecule has 0 aliphatic carbocycles. The predicted molar refractivity (Wildman–Crippen MR) is 76.1 cm³/mol. The van der Waals surface area contributed by atoms with Gasteiger partial charge in [-0.25, -0.2) is 0 Å². The molecule has 2 heterocycles. The summed E-state index contributed by atoms with van der Waals surface area (Å²) in [6.45, 7) is 13.4. The SMILES string of the molecule is Cc1sc(-c2c(C)sc(C)c2C)c(C)c1C. The maximum absolute atomic E-state index is 2.25. The standard InChI is InChI=1S/C14H18S2/c1-7-8(2)14(16-10(7)4)13-9(3)11(5)15-12(13)6/h1-6H3. The van der Waals surface area contributed by atoms with Crippen molar-refractivity contribution in [3.8, 4) is 10.4 Å². The number of rotatable bonds is 1. The van der Waals surface area contributed by atoms with Gasteiger partial charge < -0.3 is 0 Å². The highest BCUT2D eigenvalue weighted by Gasteiger charge is 2.17. The van der Waals surface area contributed by atoms with E-state index in [9.17, 15) is 0 Å². The molecule has 0 fully saturated rings. The van der Waals surface area contributed by atoms with E-state index in [-0.39, 0.29) is 0 Å². The molecule has 2 heteroatoms. The van der Waals surface area contributed by atoms with Gasteiger partial charge in [-0.2, -0.15) is 0 Å². The molecule has 0 bridgehead atoms. The minimum absolute atomic E-state index is 1.45. The highest BCUT2D eigenvalue weighted by atomic mass is 32.1. The summed E-state index contributed by atoms with van der Waals surface area (Å²) in [5.41, 5.74) is 5.88. The fourth-order valence-electron chi connectivity index (χ4n) is 2.11. The van der Waals surface area contributed by atoms with Gasteiger partial charge >= 0.3 is 0 Å². The van der Waals surface area contributed by atoms with Gasteiger partial charge in [0, 0.05) is 25.1 Å². The van der Waals surface area contributed by atoms with Gasteiger partial charge in [0.1, 0.15) is 0 Å². The second-order valence-corrected chi connectivity index (χ2v) is 7.11. The molecule has 2 rings (SSSR count). The Kier molecular flexibility index (Phi) is 2.97. The van der Waals surface area contributed by atoms with Crippen molar-refractivity contribution in [1.82, 2.24) is 0 Å². The summed E-state index contributed by atoms with van der Waals surface area (Å²) < 4.78 is 0. The number of aryl methyl sites for hydroxylation is 3. The van der Waals surface area contributed by atoms with Gasteiger partial charge in [-0.05, 0) is 58.2 Å². The van der Waals surface area contributed by atoms with Gasteiger partial charge in [0.05, 0.1) is 0 Å². The van der Waals surface area contributed by atoms with Crippen LogP contribution in [0.2, 0.25) is 0 Å². The van der Waals surface area contributed by atoms with Crippen LogP contribution < -0.4 is 0 Å². The lowest BCUT2D eigenvalue weighted by Crippen LogP contribution is -1.82. The highest BCUT2D eigenvalue weighted by Crippen LogP contribution is 2.42. The predicted octanol–water partition coefficient (Wildman–Crippen LogP) is 5.33. The Bertz CT molecular complexity index is 542. The lowest BCUT2D eigenvalue weighted by Gasteiger charge is -2.02.